The Morgan fingerprint density at radius 3 is 2.62 bits per heavy atom. The normalized spacial score (nSPS) is 11.3. The Morgan fingerprint density at radius 1 is 1.62 bits per heavy atom. The molecular weight excluding hydrogens is 281 g/mol. The molecule has 1 aromatic rings. The first-order valence-electron chi connectivity index (χ1n) is 3.10. The second kappa shape index (κ2) is 3.81. The van der Waals surface area contributed by atoms with Crippen LogP contribution < -0.4 is 4.74 Å². The monoisotopic (exact) mass is 285 g/mol. The molecule has 4 nitrogen and oxygen atoms in total. The maximum atomic E-state index is 11.0. The van der Waals surface area contributed by atoms with E-state index in [9.17, 15) is 8.42 Å². The van der Waals surface area contributed by atoms with Crippen molar-refractivity contribution in [3.8, 4) is 5.75 Å². The summed E-state index contributed by atoms with van der Waals surface area (Å²) in [6.07, 6.45) is 1.41. The van der Waals surface area contributed by atoms with E-state index in [1.165, 1.54) is 19.4 Å². The van der Waals surface area contributed by atoms with Crippen LogP contribution in [0.5, 0.6) is 5.75 Å². The minimum Gasteiger partial charge on any atom is -0.495 e. The number of methoxy groups -OCH3 is 1. The van der Waals surface area contributed by atoms with Crippen LogP contribution >= 0.6 is 26.6 Å². The summed E-state index contributed by atoms with van der Waals surface area (Å²) in [6, 6.07) is 1.42. The predicted octanol–water partition coefficient (Wildman–Crippen LogP) is 1.78. The van der Waals surface area contributed by atoms with Crippen LogP contribution in [0.2, 0.25) is 0 Å². The second-order valence-electron chi connectivity index (χ2n) is 2.07. The van der Waals surface area contributed by atoms with E-state index in [-0.39, 0.29) is 15.2 Å². The molecule has 0 N–H and O–H groups in total. The van der Waals surface area contributed by atoms with Gasteiger partial charge in [-0.25, -0.2) is 13.4 Å². The summed E-state index contributed by atoms with van der Waals surface area (Å²) in [5.41, 5.74) is 0. The molecule has 0 aliphatic carbocycles. The molecule has 1 aromatic heterocycles. The van der Waals surface area contributed by atoms with E-state index in [0.29, 0.717) is 0 Å². The van der Waals surface area contributed by atoms with E-state index >= 15 is 0 Å². The third kappa shape index (κ3) is 2.32. The van der Waals surface area contributed by atoms with Crippen molar-refractivity contribution < 1.29 is 13.2 Å². The quantitative estimate of drug-likeness (QED) is 0.614. The maximum absolute atomic E-state index is 11.0. The first kappa shape index (κ1) is 10.7. The molecule has 0 bridgehead atoms. The number of rotatable bonds is 2. The summed E-state index contributed by atoms with van der Waals surface area (Å²) in [5, 5.41) is 0. The number of ether oxygens (including phenoxy) is 1. The van der Waals surface area contributed by atoms with Gasteiger partial charge in [0, 0.05) is 16.9 Å². The highest BCUT2D eigenvalue weighted by molar-refractivity contribution is 9.10. The second-order valence-corrected chi connectivity index (χ2v) is 5.32. The van der Waals surface area contributed by atoms with Crippen molar-refractivity contribution in [1.82, 2.24) is 4.98 Å². The van der Waals surface area contributed by atoms with Crippen LogP contribution in [0.15, 0.2) is 21.8 Å². The minimum absolute atomic E-state index is 0.141. The van der Waals surface area contributed by atoms with Crippen LogP contribution in [0.1, 0.15) is 0 Å². The summed E-state index contributed by atoms with van der Waals surface area (Å²) < 4.78 is 27.1. The molecule has 0 amide bonds. The van der Waals surface area contributed by atoms with Crippen molar-refractivity contribution in [3.63, 3.8) is 0 Å². The number of pyridine rings is 1. The van der Waals surface area contributed by atoms with Gasteiger partial charge in [0.15, 0.2) is 4.90 Å². The van der Waals surface area contributed by atoms with Gasteiger partial charge in [-0.1, -0.05) is 0 Å². The topological polar surface area (TPSA) is 56.3 Å². The molecule has 1 heterocycles. The van der Waals surface area contributed by atoms with Crippen LogP contribution in [0.25, 0.3) is 0 Å². The Bertz CT molecular complexity index is 420. The Labute approximate surface area is 88.4 Å². The highest BCUT2D eigenvalue weighted by Crippen LogP contribution is 2.31. The van der Waals surface area contributed by atoms with Crippen molar-refractivity contribution >= 4 is 35.7 Å². The molecule has 0 unspecified atom stereocenters. The lowest BCUT2D eigenvalue weighted by atomic mass is 10.4. The van der Waals surface area contributed by atoms with Gasteiger partial charge in [-0.15, -0.1) is 0 Å². The summed E-state index contributed by atoms with van der Waals surface area (Å²) in [6.45, 7) is 0. The van der Waals surface area contributed by atoms with Crippen molar-refractivity contribution in [2.24, 2.45) is 0 Å². The number of hydrogen-bond donors (Lipinski definition) is 0. The molecule has 0 fully saturated rings. The van der Waals surface area contributed by atoms with Crippen molar-refractivity contribution in [2.75, 3.05) is 7.11 Å². The molecule has 0 saturated heterocycles. The zero-order valence-electron chi connectivity index (χ0n) is 6.49. The molecule has 13 heavy (non-hydrogen) atoms. The van der Waals surface area contributed by atoms with E-state index in [1.54, 1.807) is 0 Å². The van der Waals surface area contributed by atoms with E-state index in [0.717, 1.165) is 0 Å². The Hall–Kier alpha value is -0.330. The predicted molar refractivity (Wildman–Crippen MR) is 51.5 cm³/mol. The highest BCUT2D eigenvalue weighted by Gasteiger charge is 2.20. The first-order chi connectivity index (χ1) is 5.96. The summed E-state index contributed by atoms with van der Waals surface area (Å²) in [7, 11) is 2.69. The van der Waals surface area contributed by atoms with E-state index in [2.05, 4.69) is 20.9 Å². The SMILES string of the molecule is COc1ccnc(Br)c1S(=O)(=O)Cl. The first-order valence-corrected chi connectivity index (χ1v) is 6.20. The van der Waals surface area contributed by atoms with E-state index in [1.807, 2.05) is 0 Å². The molecule has 0 atom stereocenters. The van der Waals surface area contributed by atoms with Gasteiger partial charge in [0.2, 0.25) is 0 Å². The zero-order valence-corrected chi connectivity index (χ0v) is 9.65. The minimum atomic E-state index is -3.84. The Morgan fingerprint density at radius 2 is 2.23 bits per heavy atom. The fraction of sp³-hybridized carbons (Fsp3) is 0.167. The lowest BCUT2D eigenvalue weighted by molar-refractivity contribution is 0.401. The van der Waals surface area contributed by atoms with Crippen molar-refractivity contribution in [3.05, 3.63) is 16.9 Å². The summed E-state index contributed by atoms with van der Waals surface area (Å²) in [5.74, 6) is 0.164. The average Bonchev–Trinajstić information content (AvgIpc) is 2.01. The largest absolute Gasteiger partial charge is 0.495 e. The van der Waals surface area contributed by atoms with Gasteiger partial charge < -0.3 is 4.74 Å². The van der Waals surface area contributed by atoms with Gasteiger partial charge in [-0.05, 0) is 22.0 Å². The Kier molecular flexibility index (Phi) is 3.15. The number of aromatic nitrogens is 1. The van der Waals surface area contributed by atoms with Crippen LogP contribution in [0, 0.1) is 0 Å². The third-order valence-corrected chi connectivity index (χ3v) is 3.50. The molecule has 0 aliphatic heterocycles. The van der Waals surface area contributed by atoms with Gasteiger partial charge in [-0.2, -0.15) is 0 Å². The van der Waals surface area contributed by atoms with Crippen molar-refractivity contribution in [1.29, 1.82) is 0 Å². The van der Waals surface area contributed by atoms with Crippen LogP contribution in [-0.2, 0) is 9.05 Å². The number of hydrogen-bond acceptors (Lipinski definition) is 4. The molecule has 0 spiro atoms. The third-order valence-electron chi connectivity index (χ3n) is 1.29. The van der Waals surface area contributed by atoms with Gasteiger partial charge >= 0.3 is 0 Å². The molecule has 0 radical (unpaired) electrons. The molecular formula is C6H5BrClNO3S. The van der Waals surface area contributed by atoms with Gasteiger partial charge in [0.05, 0.1) is 7.11 Å². The van der Waals surface area contributed by atoms with Crippen LogP contribution in [0.4, 0.5) is 0 Å². The summed E-state index contributed by atoms with van der Waals surface area (Å²) >= 11 is 2.97. The fourth-order valence-corrected chi connectivity index (χ4v) is 3.11. The number of nitrogens with zero attached hydrogens (tertiary/aromatic N) is 1. The molecule has 72 valence electrons. The van der Waals surface area contributed by atoms with E-state index in [4.69, 9.17) is 15.4 Å². The maximum Gasteiger partial charge on any atom is 0.267 e. The van der Waals surface area contributed by atoms with Crippen molar-refractivity contribution in [2.45, 2.75) is 4.90 Å². The van der Waals surface area contributed by atoms with Crippen LogP contribution in [-0.4, -0.2) is 20.5 Å². The smallest absolute Gasteiger partial charge is 0.267 e. The van der Waals surface area contributed by atoms with Gasteiger partial charge in [-0.3, -0.25) is 0 Å². The van der Waals surface area contributed by atoms with Gasteiger partial charge in [0.1, 0.15) is 10.4 Å². The van der Waals surface area contributed by atoms with E-state index < -0.39 is 9.05 Å². The molecule has 1 rings (SSSR count). The molecule has 7 heteroatoms. The van der Waals surface area contributed by atoms with Gasteiger partial charge in [0.25, 0.3) is 9.05 Å². The lowest BCUT2D eigenvalue weighted by Gasteiger charge is -2.05. The molecule has 0 aliphatic rings. The van der Waals surface area contributed by atoms with Crippen LogP contribution in [0.3, 0.4) is 0 Å². The molecule has 0 aromatic carbocycles. The Balaban J connectivity index is 3.50. The fourth-order valence-electron chi connectivity index (χ4n) is 0.788. The summed E-state index contributed by atoms with van der Waals surface area (Å²) in [4.78, 5) is 3.57. The average molecular weight is 287 g/mol. The standard InChI is InChI=1S/C6H5BrClNO3S/c1-12-4-2-3-9-6(7)5(4)13(8,10)11/h2-3H,1H3. The zero-order chi connectivity index (χ0) is 10.1. The number of halogens is 2. The highest BCUT2D eigenvalue weighted by atomic mass is 79.9. The molecule has 0 saturated carbocycles. The lowest BCUT2D eigenvalue weighted by Crippen LogP contribution is -1.98.